The van der Waals surface area contributed by atoms with Gasteiger partial charge in [0, 0.05) is 36.6 Å². The molecule has 4 rings (SSSR count). The van der Waals surface area contributed by atoms with Crippen LogP contribution in [0.15, 0.2) is 53.1 Å². The zero-order chi connectivity index (χ0) is 18.8. The summed E-state index contributed by atoms with van der Waals surface area (Å²) in [6.07, 6.45) is 0.391. The molecular weight excluding hydrogens is 342 g/mol. The zero-order valence-electron chi connectivity index (χ0n) is 15.4. The van der Waals surface area contributed by atoms with E-state index in [-0.39, 0.29) is 11.8 Å². The number of nitrogens with zero attached hydrogens (tertiary/aromatic N) is 3. The summed E-state index contributed by atoms with van der Waals surface area (Å²) in [5, 5.41) is 4.12. The Bertz CT molecular complexity index is 967. The van der Waals surface area contributed by atoms with Gasteiger partial charge in [-0.2, -0.15) is 4.98 Å². The lowest BCUT2D eigenvalue weighted by Crippen LogP contribution is -2.24. The van der Waals surface area contributed by atoms with Crippen molar-refractivity contribution in [1.29, 1.82) is 0 Å². The van der Waals surface area contributed by atoms with Gasteiger partial charge in [0.25, 0.3) is 5.89 Å². The average Bonchev–Trinajstić information content (AvgIpc) is 3.30. The van der Waals surface area contributed by atoms with Crippen LogP contribution in [0.2, 0.25) is 0 Å². The molecule has 0 radical (unpaired) electrons. The van der Waals surface area contributed by atoms with Crippen molar-refractivity contribution in [2.75, 3.05) is 13.7 Å². The van der Waals surface area contributed by atoms with Crippen LogP contribution in [-0.2, 0) is 11.3 Å². The molecule has 6 nitrogen and oxygen atoms in total. The molecule has 0 bridgehead atoms. The van der Waals surface area contributed by atoms with E-state index >= 15 is 0 Å². The molecule has 0 spiro atoms. The highest BCUT2D eigenvalue weighted by Gasteiger charge is 2.34. The monoisotopic (exact) mass is 363 g/mol. The first-order valence-electron chi connectivity index (χ1n) is 8.94. The maximum Gasteiger partial charge on any atom is 0.257 e. The van der Waals surface area contributed by atoms with Gasteiger partial charge in [-0.3, -0.25) is 4.79 Å². The van der Waals surface area contributed by atoms with Crippen LogP contribution in [0.25, 0.3) is 11.5 Å². The highest BCUT2D eigenvalue weighted by atomic mass is 16.5. The summed E-state index contributed by atoms with van der Waals surface area (Å²) in [6.45, 7) is 3.11. The van der Waals surface area contributed by atoms with Crippen LogP contribution >= 0.6 is 0 Å². The van der Waals surface area contributed by atoms with Crippen molar-refractivity contribution < 1.29 is 14.1 Å². The fraction of sp³-hybridized carbons (Fsp3) is 0.286. The predicted octanol–water partition coefficient (Wildman–Crippen LogP) is 3.57. The second kappa shape index (κ2) is 7.23. The normalized spacial score (nSPS) is 16.7. The van der Waals surface area contributed by atoms with Crippen molar-refractivity contribution in [3.8, 4) is 17.2 Å². The van der Waals surface area contributed by atoms with E-state index in [1.807, 2.05) is 60.4 Å². The highest BCUT2D eigenvalue weighted by molar-refractivity contribution is 5.79. The number of hydrogen-bond acceptors (Lipinski definition) is 5. The summed E-state index contributed by atoms with van der Waals surface area (Å²) in [7, 11) is 1.64. The maximum atomic E-state index is 12.5. The van der Waals surface area contributed by atoms with Gasteiger partial charge in [-0.05, 0) is 25.1 Å². The number of aryl methyl sites for hydroxylation is 1. The summed E-state index contributed by atoms with van der Waals surface area (Å²) in [6, 6.07) is 15.7. The largest absolute Gasteiger partial charge is 0.496 e. The molecule has 2 heterocycles. The number of ether oxygens (including phenoxy) is 1. The minimum Gasteiger partial charge on any atom is -0.496 e. The number of carbonyl (C=O) groups excluding carboxylic acids is 1. The molecule has 3 aromatic rings. The molecule has 1 aliphatic heterocycles. The molecule has 6 heteroatoms. The molecule has 138 valence electrons. The molecule has 0 aliphatic carbocycles. The van der Waals surface area contributed by atoms with Gasteiger partial charge in [0.15, 0.2) is 5.82 Å². The average molecular weight is 363 g/mol. The molecule has 1 saturated heterocycles. The van der Waals surface area contributed by atoms with Crippen LogP contribution in [0.4, 0.5) is 0 Å². The Kier molecular flexibility index (Phi) is 4.62. The van der Waals surface area contributed by atoms with Crippen molar-refractivity contribution in [3.05, 3.63) is 65.5 Å². The Labute approximate surface area is 157 Å². The standard InChI is InChI=1S/C21H21N3O3/c1-14-6-5-8-15(10-14)21-22-20(23-27-21)17-11-19(25)24(13-17)12-16-7-3-4-9-18(16)26-2/h3-10,17H,11-13H2,1-2H3. The van der Waals surface area contributed by atoms with Crippen molar-refractivity contribution in [3.63, 3.8) is 0 Å². The summed E-state index contributed by atoms with van der Waals surface area (Å²) in [5.41, 5.74) is 3.01. The second-order valence-electron chi connectivity index (χ2n) is 6.81. The third kappa shape index (κ3) is 3.56. The molecule has 1 aromatic heterocycles. The summed E-state index contributed by atoms with van der Waals surface area (Å²) >= 11 is 0. The second-order valence-corrected chi connectivity index (χ2v) is 6.81. The highest BCUT2D eigenvalue weighted by Crippen LogP contribution is 2.30. The molecule has 1 amide bonds. The van der Waals surface area contributed by atoms with Crippen LogP contribution in [0.3, 0.4) is 0 Å². The van der Waals surface area contributed by atoms with Gasteiger partial charge in [-0.1, -0.05) is 41.1 Å². The van der Waals surface area contributed by atoms with Gasteiger partial charge in [-0.25, -0.2) is 0 Å². The summed E-state index contributed by atoms with van der Waals surface area (Å²) in [4.78, 5) is 18.8. The third-order valence-corrected chi connectivity index (χ3v) is 4.84. The molecule has 1 aliphatic rings. The first-order valence-corrected chi connectivity index (χ1v) is 8.94. The molecule has 0 N–H and O–H groups in total. The van der Waals surface area contributed by atoms with E-state index in [0.717, 1.165) is 22.4 Å². The summed E-state index contributed by atoms with van der Waals surface area (Å²) in [5.74, 6) is 1.89. The number of rotatable bonds is 5. The lowest BCUT2D eigenvalue weighted by Gasteiger charge is -2.17. The van der Waals surface area contributed by atoms with Crippen molar-refractivity contribution in [1.82, 2.24) is 15.0 Å². The number of amides is 1. The molecule has 1 fully saturated rings. The number of likely N-dealkylation sites (tertiary alicyclic amines) is 1. The van der Waals surface area contributed by atoms with Gasteiger partial charge < -0.3 is 14.2 Å². The van der Waals surface area contributed by atoms with Gasteiger partial charge in [0.2, 0.25) is 5.91 Å². The predicted molar refractivity (Wildman–Crippen MR) is 100 cm³/mol. The Morgan fingerprint density at radius 2 is 2.07 bits per heavy atom. The number of para-hydroxylation sites is 1. The smallest absolute Gasteiger partial charge is 0.257 e. The van der Waals surface area contributed by atoms with Gasteiger partial charge >= 0.3 is 0 Å². The Morgan fingerprint density at radius 1 is 1.22 bits per heavy atom. The van der Waals surface area contributed by atoms with Crippen LogP contribution in [0.1, 0.15) is 29.3 Å². The maximum absolute atomic E-state index is 12.5. The fourth-order valence-corrected chi connectivity index (χ4v) is 3.43. The van der Waals surface area contributed by atoms with E-state index in [2.05, 4.69) is 10.1 Å². The quantitative estimate of drug-likeness (QED) is 0.693. The molecule has 2 aromatic carbocycles. The van der Waals surface area contributed by atoms with Crippen LogP contribution in [0.5, 0.6) is 5.75 Å². The zero-order valence-corrected chi connectivity index (χ0v) is 15.4. The third-order valence-electron chi connectivity index (χ3n) is 4.84. The van der Waals surface area contributed by atoms with Gasteiger partial charge in [-0.15, -0.1) is 0 Å². The number of hydrogen-bond donors (Lipinski definition) is 0. The number of aromatic nitrogens is 2. The molecule has 27 heavy (non-hydrogen) atoms. The van der Waals surface area contributed by atoms with E-state index in [1.54, 1.807) is 7.11 Å². The minimum atomic E-state index is -0.0606. The SMILES string of the molecule is COc1ccccc1CN1CC(c2noc(-c3cccc(C)c3)n2)CC1=O. The van der Waals surface area contributed by atoms with Crippen molar-refractivity contribution in [2.24, 2.45) is 0 Å². The van der Waals surface area contributed by atoms with Crippen molar-refractivity contribution in [2.45, 2.75) is 25.8 Å². The van der Waals surface area contributed by atoms with E-state index < -0.39 is 0 Å². The first kappa shape index (κ1) is 17.3. The Morgan fingerprint density at radius 3 is 2.89 bits per heavy atom. The molecular formula is C21H21N3O3. The van der Waals surface area contributed by atoms with Crippen LogP contribution in [-0.4, -0.2) is 34.6 Å². The van der Waals surface area contributed by atoms with Crippen LogP contribution in [0, 0.1) is 6.92 Å². The van der Waals surface area contributed by atoms with Crippen molar-refractivity contribution >= 4 is 5.91 Å². The van der Waals surface area contributed by atoms with E-state index in [1.165, 1.54) is 0 Å². The molecule has 1 atom stereocenters. The van der Waals surface area contributed by atoms with Gasteiger partial charge in [0.1, 0.15) is 5.75 Å². The fourth-order valence-electron chi connectivity index (χ4n) is 3.43. The number of carbonyl (C=O) groups is 1. The van der Waals surface area contributed by atoms with Gasteiger partial charge in [0.05, 0.1) is 7.11 Å². The summed E-state index contributed by atoms with van der Waals surface area (Å²) < 4.78 is 10.8. The lowest BCUT2D eigenvalue weighted by atomic mass is 10.1. The number of benzene rings is 2. The van der Waals surface area contributed by atoms with Crippen LogP contribution < -0.4 is 4.74 Å². The Balaban J connectivity index is 1.49. The first-order chi connectivity index (χ1) is 13.1. The van der Waals surface area contributed by atoms with E-state index in [9.17, 15) is 4.79 Å². The lowest BCUT2D eigenvalue weighted by molar-refractivity contribution is -0.128. The Hall–Kier alpha value is -3.15. The van der Waals surface area contributed by atoms with E-state index in [4.69, 9.17) is 9.26 Å². The molecule has 0 saturated carbocycles. The molecule has 1 unspecified atom stereocenters. The number of methoxy groups -OCH3 is 1. The minimum absolute atomic E-state index is 0.0606. The van der Waals surface area contributed by atoms with E-state index in [0.29, 0.717) is 31.2 Å². The topological polar surface area (TPSA) is 68.5 Å².